The smallest absolute Gasteiger partial charge is 0.227 e. The molecule has 3 rings (SSSR count). The lowest BCUT2D eigenvalue weighted by molar-refractivity contribution is -0.126. The Bertz CT molecular complexity index is 874. The number of halogens is 2. The maximum Gasteiger partial charge on any atom is 0.227 e. The molecule has 0 spiro atoms. The fourth-order valence-corrected chi connectivity index (χ4v) is 3.33. The van der Waals surface area contributed by atoms with Crippen LogP contribution in [0.4, 0.5) is 10.1 Å². The van der Waals surface area contributed by atoms with Gasteiger partial charge in [0.25, 0.3) is 0 Å². The van der Waals surface area contributed by atoms with Gasteiger partial charge in [0, 0.05) is 23.7 Å². The number of hydrogen-bond acceptors (Lipinski definition) is 3. The third-order valence-corrected chi connectivity index (χ3v) is 4.89. The van der Waals surface area contributed by atoms with Crippen molar-refractivity contribution in [1.82, 2.24) is 5.32 Å². The van der Waals surface area contributed by atoms with E-state index in [1.165, 1.54) is 19.2 Å². The van der Waals surface area contributed by atoms with Crippen LogP contribution in [0.25, 0.3) is 0 Å². The zero-order valence-electron chi connectivity index (χ0n) is 15.0. The van der Waals surface area contributed by atoms with Crippen molar-refractivity contribution >= 4 is 29.1 Å². The minimum Gasteiger partial charge on any atom is -0.494 e. The minimum atomic E-state index is -0.487. The molecule has 7 heteroatoms. The highest BCUT2D eigenvalue weighted by molar-refractivity contribution is 6.31. The van der Waals surface area contributed by atoms with E-state index in [-0.39, 0.29) is 30.5 Å². The maximum absolute atomic E-state index is 13.9. The monoisotopic (exact) mass is 390 g/mol. The lowest BCUT2D eigenvalue weighted by Gasteiger charge is -2.19. The fourth-order valence-electron chi connectivity index (χ4n) is 3.14. The molecule has 2 atom stereocenters. The summed E-state index contributed by atoms with van der Waals surface area (Å²) in [6.45, 7) is 2.05. The van der Waals surface area contributed by atoms with Gasteiger partial charge in [0.15, 0.2) is 11.6 Å². The summed E-state index contributed by atoms with van der Waals surface area (Å²) < 4.78 is 18.8. The van der Waals surface area contributed by atoms with E-state index < -0.39 is 17.8 Å². The van der Waals surface area contributed by atoms with Gasteiger partial charge in [-0.1, -0.05) is 23.7 Å². The van der Waals surface area contributed by atoms with Crippen LogP contribution in [0.2, 0.25) is 5.02 Å². The van der Waals surface area contributed by atoms with Crippen LogP contribution in [0.3, 0.4) is 0 Å². The summed E-state index contributed by atoms with van der Waals surface area (Å²) in [6.07, 6.45) is 0.127. The Morgan fingerprint density at radius 2 is 2.11 bits per heavy atom. The van der Waals surface area contributed by atoms with E-state index in [2.05, 4.69) is 5.32 Å². The Kier molecular flexibility index (Phi) is 5.65. The van der Waals surface area contributed by atoms with E-state index in [0.717, 1.165) is 0 Å². The molecule has 2 amide bonds. The van der Waals surface area contributed by atoms with Crippen LogP contribution in [-0.4, -0.2) is 25.5 Å². The van der Waals surface area contributed by atoms with E-state index in [1.54, 1.807) is 42.2 Å². The van der Waals surface area contributed by atoms with E-state index in [4.69, 9.17) is 16.3 Å². The molecule has 0 aliphatic carbocycles. The maximum atomic E-state index is 13.9. The predicted octanol–water partition coefficient (Wildman–Crippen LogP) is 3.72. The second-order valence-electron chi connectivity index (χ2n) is 6.51. The van der Waals surface area contributed by atoms with Crippen LogP contribution < -0.4 is 15.0 Å². The van der Waals surface area contributed by atoms with E-state index in [9.17, 15) is 14.0 Å². The number of rotatable bonds is 5. The largest absolute Gasteiger partial charge is 0.494 e. The van der Waals surface area contributed by atoms with Crippen LogP contribution in [0.15, 0.2) is 42.5 Å². The molecule has 2 unspecified atom stereocenters. The van der Waals surface area contributed by atoms with Gasteiger partial charge < -0.3 is 15.0 Å². The number of hydrogen-bond donors (Lipinski definition) is 1. The zero-order chi connectivity index (χ0) is 19.6. The van der Waals surface area contributed by atoms with Crippen molar-refractivity contribution in [1.29, 1.82) is 0 Å². The summed E-state index contributed by atoms with van der Waals surface area (Å²) in [7, 11) is 1.39. The topological polar surface area (TPSA) is 58.6 Å². The van der Waals surface area contributed by atoms with Gasteiger partial charge >= 0.3 is 0 Å². The number of carbonyl (C=O) groups is 2. The molecule has 1 aliphatic heterocycles. The van der Waals surface area contributed by atoms with Crippen LogP contribution >= 0.6 is 11.6 Å². The van der Waals surface area contributed by atoms with Crippen molar-refractivity contribution in [3.63, 3.8) is 0 Å². The molecule has 0 aromatic heterocycles. The molecule has 1 heterocycles. The lowest BCUT2D eigenvalue weighted by Crippen LogP contribution is -2.34. The Balaban J connectivity index is 1.66. The molecule has 2 aromatic carbocycles. The van der Waals surface area contributed by atoms with Gasteiger partial charge in [-0.05, 0) is 42.8 Å². The Morgan fingerprint density at radius 3 is 2.78 bits per heavy atom. The van der Waals surface area contributed by atoms with Gasteiger partial charge in [-0.3, -0.25) is 9.59 Å². The highest BCUT2D eigenvalue weighted by atomic mass is 35.5. The molecule has 0 bridgehead atoms. The van der Waals surface area contributed by atoms with E-state index in [0.29, 0.717) is 16.3 Å². The number of amides is 2. The van der Waals surface area contributed by atoms with Crippen LogP contribution in [-0.2, 0) is 9.59 Å². The molecular weight excluding hydrogens is 371 g/mol. The zero-order valence-corrected chi connectivity index (χ0v) is 15.8. The van der Waals surface area contributed by atoms with E-state index in [1.807, 2.05) is 0 Å². The molecule has 1 N–H and O–H groups in total. The highest BCUT2D eigenvalue weighted by Crippen LogP contribution is 2.28. The quantitative estimate of drug-likeness (QED) is 0.846. The summed E-state index contributed by atoms with van der Waals surface area (Å²) in [5.74, 6) is -1.17. The number of ether oxygens (including phenoxy) is 1. The first kappa shape index (κ1) is 19.2. The van der Waals surface area contributed by atoms with Crippen molar-refractivity contribution < 1.29 is 18.7 Å². The van der Waals surface area contributed by atoms with E-state index >= 15 is 0 Å². The Hall–Kier alpha value is -2.60. The molecule has 1 aliphatic rings. The molecule has 142 valence electrons. The number of nitrogens with zero attached hydrogens (tertiary/aromatic N) is 1. The van der Waals surface area contributed by atoms with Gasteiger partial charge in [0.2, 0.25) is 11.8 Å². The van der Waals surface area contributed by atoms with Crippen LogP contribution in [0.1, 0.15) is 24.9 Å². The summed E-state index contributed by atoms with van der Waals surface area (Å²) in [4.78, 5) is 26.5. The Labute approximate surface area is 162 Å². The molecular formula is C20H20ClFN2O3. The third kappa shape index (κ3) is 4.22. The van der Waals surface area contributed by atoms with Crippen molar-refractivity contribution in [3.05, 3.63) is 58.9 Å². The normalized spacial score (nSPS) is 17.7. The molecule has 27 heavy (non-hydrogen) atoms. The van der Waals surface area contributed by atoms with Crippen molar-refractivity contribution in [2.45, 2.75) is 19.4 Å². The molecule has 0 saturated carbocycles. The molecule has 2 aromatic rings. The Morgan fingerprint density at radius 1 is 1.33 bits per heavy atom. The summed E-state index contributed by atoms with van der Waals surface area (Å²) in [5, 5.41) is 3.39. The molecule has 1 saturated heterocycles. The van der Waals surface area contributed by atoms with Crippen LogP contribution in [0, 0.1) is 11.7 Å². The summed E-state index contributed by atoms with van der Waals surface area (Å²) in [5.41, 5.74) is 1.30. The molecule has 0 radical (unpaired) electrons. The first-order valence-corrected chi connectivity index (χ1v) is 8.96. The van der Waals surface area contributed by atoms with Crippen molar-refractivity contribution in [2.75, 3.05) is 18.6 Å². The van der Waals surface area contributed by atoms with Gasteiger partial charge in [0.1, 0.15) is 0 Å². The van der Waals surface area contributed by atoms with Gasteiger partial charge in [0.05, 0.1) is 19.1 Å². The first-order chi connectivity index (χ1) is 12.9. The molecule has 5 nitrogen and oxygen atoms in total. The fraction of sp³-hybridized carbons (Fsp3) is 0.300. The SMILES string of the molecule is COc1ccc(C(C)NC(=O)C2CC(=O)N(c3cccc(Cl)c3)C2)cc1F. The second kappa shape index (κ2) is 7.96. The first-order valence-electron chi connectivity index (χ1n) is 8.58. The number of carbonyl (C=O) groups excluding carboxylic acids is 2. The summed E-state index contributed by atoms with van der Waals surface area (Å²) >= 11 is 5.98. The number of nitrogens with one attached hydrogen (secondary N) is 1. The lowest BCUT2D eigenvalue weighted by atomic mass is 10.0. The van der Waals surface area contributed by atoms with Gasteiger partial charge in [-0.2, -0.15) is 0 Å². The van der Waals surface area contributed by atoms with Crippen molar-refractivity contribution in [3.8, 4) is 5.75 Å². The predicted molar refractivity (Wildman–Crippen MR) is 101 cm³/mol. The average molecular weight is 391 g/mol. The van der Waals surface area contributed by atoms with Gasteiger partial charge in [-0.25, -0.2) is 4.39 Å². The highest BCUT2D eigenvalue weighted by Gasteiger charge is 2.35. The average Bonchev–Trinajstić information content (AvgIpc) is 3.03. The third-order valence-electron chi connectivity index (χ3n) is 4.65. The molecule has 1 fully saturated rings. The number of anilines is 1. The minimum absolute atomic E-state index is 0.124. The second-order valence-corrected chi connectivity index (χ2v) is 6.95. The number of methoxy groups -OCH3 is 1. The van der Waals surface area contributed by atoms with Crippen LogP contribution in [0.5, 0.6) is 5.75 Å². The standard InChI is InChI=1S/C20H20ClFN2O3/c1-12(13-6-7-18(27-2)17(22)8-13)23-20(26)14-9-19(25)24(11-14)16-5-3-4-15(21)10-16/h3-8,10,12,14H,9,11H2,1-2H3,(H,23,26). The van der Waals surface area contributed by atoms with Crippen molar-refractivity contribution in [2.24, 2.45) is 5.92 Å². The number of benzene rings is 2. The summed E-state index contributed by atoms with van der Waals surface area (Å²) in [6, 6.07) is 11.1. The van der Waals surface area contributed by atoms with Gasteiger partial charge in [-0.15, -0.1) is 0 Å².